The quantitative estimate of drug-likeness (QED) is 0.890. The Balaban J connectivity index is 2.00. The van der Waals surface area contributed by atoms with Crippen molar-refractivity contribution in [3.05, 3.63) is 24.3 Å². The maximum Gasteiger partial charge on any atom is 0.142 e. The topological polar surface area (TPSA) is 38.5 Å². The van der Waals surface area contributed by atoms with E-state index in [0.717, 1.165) is 31.2 Å². The van der Waals surface area contributed by atoms with E-state index in [1.54, 1.807) is 0 Å². The van der Waals surface area contributed by atoms with Crippen molar-refractivity contribution in [3.63, 3.8) is 0 Å². The van der Waals surface area contributed by atoms with E-state index in [0.29, 0.717) is 6.54 Å². The predicted molar refractivity (Wildman–Crippen MR) is 74.1 cm³/mol. The highest BCUT2D eigenvalue weighted by Gasteiger charge is 2.45. The molecule has 1 atom stereocenters. The van der Waals surface area contributed by atoms with Gasteiger partial charge in [0.1, 0.15) is 5.75 Å². The van der Waals surface area contributed by atoms with Crippen LogP contribution in [0.4, 0.5) is 5.69 Å². The van der Waals surface area contributed by atoms with E-state index in [9.17, 15) is 0 Å². The van der Waals surface area contributed by atoms with Crippen LogP contribution in [0.15, 0.2) is 24.3 Å². The highest BCUT2D eigenvalue weighted by Crippen LogP contribution is 2.46. The van der Waals surface area contributed by atoms with Crippen molar-refractivity contribution < 1.29 is 4.74 Å². The first kappa shape index (κ1) is 11.8. The number of benzene rings is 1. The molecule has 0 amide bonds. The molecule has 3 heteroatoms. The number of nitrogens with two attached hydrogens (primary N) is 1. The smallest absolute Gasteiger partial charge is 0.142 e. The van der Waals surface area contributed by atoms with Crippen molar-refractivity contribution >= 4 is 5.69 Å². The average Bonchev–Trinajstić information content (AvgIpc) is 3.24. The first-order chi connectivity index (χ1) is 8.75. The van der Waals surface area contributed by atoms with Crippen LogP contribution >= 0.6 is 0 Å². The maximum atomic E-state index is 6.10. The van der Waals surface area contributed by atoms with Crippen LogP contribution in [-0.2, 0) is 0 Å². The van der Waals surface area contributed by atoms with Gasteiger partial charge in [0, 0.05) is 13.1 Å². The second-order valence-corrected chi connectivity index (χ2v) is 5.66. The van der Waals surface area contributed by atoms with Crippen molar-refractivity contribution in [2.24, 2.45) is 11.7 Å². The van der Waals surface area contributed by atoms with Crippen LogP contribution in [-0.4, -0.2) is 25.2 Å². The lowest BCUT2D eigenvalue weighted by atomic mass is 9.92. The number of rotatable bonds is 3. The average molecular weight is 246 g/mol. The molecule has 0 radical (unpaired) electrons. The molecule has 2 N–H and O–H groups in total. The Morgan fingerprint density at radius 1 is 1.39 bits per heavy atom. The molecule has 1 aliphatic carbocycles. The number of nitrogens with zero attached hydrogens (tertiary/aromatic N) is 1. The number of hydrogen-bond donors (Lipinski definition) is 1. The largest absolute Gasteiger partial charge is 0.491 e. The van der Waals surface area contributed by atoms with Crippen LogP contribution in [0.5, 0.6) is 5.75 Å². The van der Waals surface area contributed by atoms with Crippen molar-refractivity contribution in [1.82, 2.24) is 0 Å². The van der Waals surface area contributed by atoms with Crippen molar-refractivity contribution in [2.45, 2.75) is 31.7 Å². The number of hydrogen-bond acceptors (Lipinski definition) is 3. The fraction of sp³-hybridized carbons (Fsp3) is 0.600. The third-order valence-electron chi connectivity index (χ3n) is 4.43. The molecule has 98 valence electrons. The summed E-state index contributed by atoms with van der Waals surface area (Å²) >= 11 is 0. The summed E-state index contributed by atoms with van der Waals surface area (Å²) in [7, 11) is 0. The number of para-hydroxylation sites is 2. The Kier molecular flexibility index (Phi) is 2.94. The molecular weight excluding hydrogens is 224 g/mol. The highest BCUT2D eigenvalue weighted by atomic mass is 16.5. The molecule has 3 nitrogen and oxygen atoms in total. The van der Waals surface area contributed by atoms with Crippen LogP contribution in [0.1, 0.15) is 26.2 Å². The Labute approximate surface area is 109 Å². The summed E-state index contributed by atoms with van der Waals surface area (Å²) in [6, 6.07) is 8.36. The molecular formula is C15H22N2O. The molecule has 1 unspecified atom stereocenters. The minimum absolute atomic E-state index is 0.0871. The van der Waals surface area contributed by atoms with E-state index < -0.39 is 0 Å². The summed E-state index contributed by atoms with van der Waals surface area (Å²) in [4.78, 5) is 2.49. The van der Waals surface area contributed by atoms with Gasteiger partial charge in [-0.05, 0) is 44.2 Å². The summed E-state index contributed by atoms with van der Waals surface area (Å²) in [6.07, 6.45) is 3.69. The first-order valence-corrected chi connectivity index (χ1v) is 6.95. The molecule has 1 heterocycles. The highest BCUT2D eigenvalue weighted by molar-refractivity contribution is 5.61. The van der Waals surface area contributed by atoms with Crippen LogP contribution in [0.3, 0.4) is 0 Å². The van der Waals surface area contributed by atoms with Crippen LogP contribution in [0.2, 0.25) is 0 Å². The maximum absolute atomic E-state index is 6.10. The third kappa shape index (κ3) is 1.87. The van der Waals surface area contributed by atoms with Gasteiger partial charge in [-0.2, -0.15) is 0 Å². The fourth-order valence-electron chi connectivity index (χ4n) is 3.06. The van der Waals surface area contributed by atoms with Crippen LogP contribution in [0, 0.1) is 5.92 Å². The zero-order chi connectivity index (χ0) is 12.6. The van der Waals surface area contributed by atoms with E-state index in [1.165, 1.54) is 18.5 Å². The molecule has 3 rings (SSSR count). The van der Waals surface area contributed by atoms with Crippen molar-refractivity contribution in [1.29, 1.82) is 0 Å². The minimum atomic E-state index is 0.0871. The SMILES string of the molecule is CC(CN)(C1CC1)N1CCCOc2ccccc21. The van der Waals surface area contributed by atoms with Gasteiger partial charge in [-0.25, -0.2) is 0 Å². The minimum Gasteiger partial charge on any atom is -0.491 e. The van der Waals surface area contributed by atoms with Gasteiger partial charge in [0.2, 0.25) is 0 Å². The lowest BCUT2D eigenvalue weighted by Gasteiger charge is -2.42. The fourth-order valence-corrected chi connectivity index (χ4v) is 3.06. The normalized spacial score (nSPS) is 22.7. The summed E-state index contributed by atoms with van der Waals surface area (Å²) in [6.45, 7) is 4.87. The second kappa shape index (κ2) is 4.47. The Morgan fingerprint density at radius 2 is 2.17 bits per heavy atom. The molecule has 1 aromatic carbocycles. The van der Waals surface area contributed by atoms with Crippen molar-refractivity contribution in [2.75, 3.05) is 24.6 Å². The van der Waals surface area contributed by atoms with Crippen LogP contribution in [0.25, 0.3) is 0 Å². The molecule has 1 saturated carbocycles. The van der Waals surface area contributed by atoms with E-state index in [-0.39, 0.29) is 5.54 Å². The van der Waals surface area contributed by atoms with Crippen molar-refractivity contribution in [3.8, 4) is 5.75 Å². The predicted octanol–water partition coefficient (Wildman–Crippen LogP) is 2.40. The molecule has 0 bridgehead atoms. The third-order valence-corrected chi connectivity index (χ3v) is 4.43. The van der Waals surface area contributed by atoms with E-state index >= 15 is 0 Å². The van der Waals surface area contributed by atoms with Gasteiger partial charge in [0.15, 0.2) is 0 Å². The zero-order valence-corrected chi connectivity index (χ0v) is 11.1. The molecule has 18 heavy (non-hydrogen) atoms. The Bertz CT molecular complexity index is 430. The first-order valence-electron chi connectivity index (χ1n) is 6.95. The molecule has 0 saturated heterocycles. The molecule has 1 aromatic rings. The summed E-state index contributed by atoms with van der Waals surface area (Å²) in [5.41, 5.74) is 7.41. The van der Waals surface area contributed by atoms with Gasteiger partial charge in [-0.1, -0.05) is 12.1 Å². The molecule has 0 spiro atoms. The lowest BCUT2D eigenvalue weighted by molar-refractivity contribution is 0.319. The summed E-state index contributed by atoms with van der Waals surface area (Å²) < 4.78 is 5.84. The molecule has 1 fully saturated rings. The van der Waals surface area contributed by atoms with E-state index in [4.69, 9.17) is 10.5 Å². The van der Waals surface area contributed by atoms with Gasteiger partial charge in [0.05, 0.1) is 17.8 Å². The van der Waals surface area contributed by atoms with Gasteiger partial charge < -0.3 is 15.4 Å². The molecule has 0 aromatic heterocycles. The monoisotopic (exact) mass is 246 g/mol. The Morgan fingerprint density at radius 3 is 2.89 bits per heavy atom. The number of anilines is 1. The zero-order valence-electron chi connectivity index (χ0n) is 11.1. The van der Waals surface area contributed by atoms with Gasteiger partial charge >= 0.3 is 0 Å². The number of fused-ring (bicyclic) bond motifs is 1. The summed E-state index contributed by atoms with van der Waals surface area (Å²) in [5, 5.41) is 0. The standard InChI is InChI=1S/C15H22N2O/c1-15(11-16,12-7-8-12)17-9-4-10-18-14-6-3-2-5-13(14)17/h2-3,5-6,12H,4,7-11,16H2,1H3. The van der Waals surface area contributed by atoms with Gasteiger partial charge in [0.25, 0.3) is 0 Å². The molecule has 1 aliphatic heterocycles. The summed E-state index contributed by atoms with van der Waals surface area (Å²) in [5.74, 6) is 1.75. The van der Waals surface area contributed by atoms with Gasteiger partial charge in [-0.15, -0.1) is 0 Å². The Hall–Kier alpha value is -1.22. The second-order valence-electron chi connectivity index (χ2n) is 5.66. The lowest BCUT2D eigenvalue weighted by Crippen LogP contribution is -2.54. The van der Waals surface area contributed by atoms with Crippen LogP contribution < -0.4 is 15.4 Å². The number of ether oxygens (including phenoxy) is 1. The van der Waals surface area contributed by atoms with E-state index in [1.807, 2.05) is 6.07 Å². The van der Waals surface area contributed by atoms with Gasteiger partial charge in [-0.3, -0.25) is 0 Å². The molecule has 2 aliphatic rings. The van der Waals surface area contributed by atoms with E-state index in [2.05, 4.69) is 30.0 Å².